The van der Waals surface area contributed by atoms with Crippen molar-refractivity contribution in [2.24, 2.45) is 0 Å². The third kappa shape index (κ3) is 2.84. The van der Waals surface area contributed by atoms with E-state index in [2.05, 4.69) is 19.6 Å². The monoisotopic (exact) mass is 232 g/mol. The highest BCUT2D eigenvalue weighted by Gasteiger charge is 2.32. The van der Waals surface area contributed by atoms with Crippen LogP contribution >= 0.6 is 0 Å². The summed E-state index contributed by atoms with van der Waals surface area (Å²) in [7, 11) is -1.51. The standard InChI is InChI=1S/C11H15F3Si/c1-8-7-9(15(2,3)4)5-6-10(8)11(12,13)14/h5-7H,1-4H3. The lowest BCUT2D eigenvalue weighted by atomic mass is 10.1. The fourth-order valence-electron chi connectivity index (χ4n) is 1.45. The lowest BCUT2D eigenvalue weighted by molar-refractivity contribution is -0.138. The van der Waals surface area contributed by atoms with E-state index in [9.17, 15) is 13.2 Å². The Morgan fingerprint density at radius 3 is 1.93 bits per heavy atom. The highest BCUT2D eigenvalue weighted by Crippen LogP contribution is 2.31. The molecule has 0 amide bonds. The molecule has 0 saturated heterocycles. The second-order valence-corrected chi connectivity index (χ2v) is 9.85. The molecule has 0 nitrogen and oxygen atoms in total. The Bertz CT molecular complexity index is 361. The molecule has 0 heterocycles. The van der Waals surface area contributed by atoms with E-state index in [1.54, 1.807) is 12.1 Å². The molecule has 15 heavy (non-hydrogen) atoms. The largest absolute Gasteiger partial charge is 0.416 e. The number of aryl methyl sites for hydroxylation is 1. The first kappa shape index (κ1) is 12.3. The first-order chi connectivity index (χ1) is 6.62. The van der Waals surface area contributed by atoms with Crippen molar-refractivity contribution >= 4 is 13.3 Å². The fourth-order valence-corrected chi connectivity index (χ4v) is 2.68. The second-order valence-electron chi connectivity index (χ2n) is 4.78. The number of hydrogen-bond acceptors (Lipinski definition) is 0. The third-order valence-corrected chi connectivity index (χ3v) is 4.44. The van der Waals surface area contributed by atoms with Crippen molar-refractivity contribution in [2.45, 2.75) is 32.7 Å². The number of rotatable bonds is 1. The van der Waals surface area contributed by atoms with Crippen LogP contribution in [0.15, 0.2) is 18.2 Å². The molecule has 1 aromatic rings. The maximum absolute atomic E-state index is 12.5. The van der Waals surface area contributed by atoms with E-state index in [1.165, 1.54) is 13.0 Å². The van der Waals surface area contributed by atoms with Crippen LogP contribution in [-0.2, 0) is 6.18 Å². The molecule has 0 spiro atoms. The summed E-state index contributed by atoms with van der Waals surface area (Å²) in [5.74, 6) is 0. The Morgan fingerprint density at radius 1 is 1.07 bits per heavy atom. The summed E-state index contributed by atoms with van der Waals surface area (Å²) in [5.41, 5.74) is -0.202. The van der Waals surface area contributed by atoms with Crippen molar-refractivity contribution in [3.63, 3.8) is 0 Å². The van der Waals surface area contributed by atoms with E-state index in [0.717, 1.165) is 5.19 Å². The van der Waals surface area contributed by atoms with Crippen LogP contribution in [0.25, 0.3) is 0 Å². The van der Waals surface area contributed by atoms with Crippen molar-refractivity contribution in [1.82, 2.24) is 0 Å². The molecule has 0 fully saturated rings. The van der Waals surface area contributed by atoms with E-state index in [4.69, 9.17) is 0 Å². The van der Waals surface area contributed by atoms with Gasteiger partial charge in [0, 0.05) is 0 Å². The molecule has 0 unspecified atom stereocenters. The molecule has 84 valence electrons. The summed E-state index contributed by atoms with van der Waals surface area (Å²) in [6.07, 6.45) is -4.23. The molecule has 1 rings (SSSR count). The summed E-state index contributed by atoms with van der Waals surface area (Å²) in [6, 6.07) is 4.49. The van der Waals surface area contributed by atoms with Gasteiger partial charge in [-0.25, -0.2) is 0 Å². The molecule has 0 saturated carbocycles. The number of halogens is 3. The van der Waals surface area contributed by atoms with Crippen LogP contribution in [0.3, 0.4) is 0 Å². The van der Waals surface area contributed by atoms with Gasteiger partial charge in [0.2, 0.25) is 0 Å². The quantitative estimate of drug-likeness (QED) is 0.649. The Hall–Kier alpha value is -0.773. The Kier molecular flexibility index (Phi) is 3.00. The SMILES string of the molecule is Cc1cc([Si](C)(C)C)ccc1C(F)(F)F. The smallest absolute Gasteiger partial charge is 0.166 e. The first-order valence-electron chi connectivity index (χ1n) is 4.80. The topological polar surface area (TPSA) is 0 Å². The molecular formula is C11H15F3Si. The molecule has 0 aliphatic heterocycles. The van der Waals surface area contributed by atoms with Crippen LogP contribution in [0, 0.1) is 6.92 Å². The van der Waals surface area contributed by atoms with Gasteiger partial charge in [0.25, 0.3) is 0 Å². The van der Waals surface area contributed by atoms with E-state index < -0.39 is 19.8 Å². The number of hydrogen-bond donors (Lipinski definition) is 0. The van der Waals surface area contributed by atoms with Gasteiger partial charge in [-0.05, 0) is 18.6 Å². The maximum atomic E-state index is 12.5. The van der Waals surface area contributed by atoms with Crippen molar-refractivity contribution in [2.75, 3.05) is 0 Å². The molecule has 0 N–H and O–H groups in total. The molecule has 0 bridgehead atoms. The zero-order valence-electron chi connectivity index (χ0n) is 9.37. The highest BCUT2D eigenvalue weighted by atomic mass is 28.3. The Labute approximate surface area is 89.1 Å². The number of benzene rings is 1. The Morgan fingerprint density at radius 2 is 1.60 bits per heavy atom. The molecular weight excluding hydrogens is 217 g/mol. The van der Waals surface area contributed by atoms with Crippen LogP contribution in [-0.4, -0.2) is 8.07 Å². The lowest BCUT2D eigenvalue weighted by Gasteiger charge is -2.19. The summed E-state index contributed by atoms with van der Waals surface area (Å²) in [4.78, 5) is 0. The van der Waals surface area contributed by atoms with Crippen molar-refractivity contribution in [1.29, 1.82) is 0 Å². The maximum Gasteiger partial charge on any atom is 0.416 e. The van der Waals surface area contributed by atoms with Gasteiger partial charge >= 0.3 is 6.18 Å². The zero-order valence-corrected chi connectivity index (χ0v) is 10.4. The predicted octanol–water partition coefficient (Wildman–Crippen LogP) is 3.56. The minimum Gasteiger partial charge on any atom is -0.166 e. The van der Waals surface area contributed by atoms with Gasteiger partial charge in [0.1, 0.15) is 0 Å². The van der Waals surface area contributed by atoms with Crippen molar-refractivity contribution < 1.29 is 13.2 Å². The summed E-state index contributed by atoms with van der Waals surface area (Å²) < 4.78 is 37.5. The van der Waals surface area contributed by atoms with Crippen LogP contribution in [0.4, 0.5) is 13.2 Å². The average molecular weight is 232 g/mol. The van der Waals surface area contributed by atoms with Gasteiger partial charge in [-0.2, -0.15) is 13.2 Å². The Balaban J connectivity index is 3.21. The van der Waals surface area contributed by atoms with Gasteiger partial charge in [-0.1, -0.05) is 37.0 Å². The van der Waals surface area contributed by atoms with Gasteiger partial charge in [0.05, 0.1) is 13.6 Å². The van der Waals surface area contributed by atoms with Crippen molar-refractivity contribution in [3.05, 3.63) is 29.3 Å². The molecule has 0 atom stereocenters. The normalized spacial score (nSPS) is 13.0. The van der Waals surface area contributed by atoms with E-state index in [-0.39, 0.29) is 0 Å². The molecule has 0 aromatic heterocycles. The lowest BCUT2D eigenvalue weighted by Crippen LogP contribution is -2.37. The van der Waals surface area contributed by atoms with Gasteiger partial charge < -0.3 is 0 Å². The van der Waals surface area contributed by atoms with Gasteiger partial charge in [0.15, 0.2) is 0 Å². The third-order valence-electron chi connectivity index (χ3n) is 2.40. The van der Waals surface area contributed by atoms with Gasteiger partial charge in [-0.3, -0.25) is 0 Å². The summed E-state index contributed by atoms with van der Waals surface area (Å²) in [5, 5.41) is 1.06. The first-order valence-corrected chi connectivity index (χ1v) is 8.30. The van der Waals surface area contributed by atoms with E-state index in [0.29, 0.717) is 5.56 Å². The fraction of sp³-hybridized carbons (Fsp3) is 0.455. The van der Waals surface area contributed by atoms with Gasteiger partial charge in [-0.15, -0.1) is 0 Å². The molecule has 4 heteroatoms. The summed E-state index contributed by atoms with van der Waals surface area (Å²) >= 11 is 0. The zero-order chi connectivity index (χ0) is 11.9. The van der Waals surface area contributed by atoms with Crippen LogP contribution < -0.4 is 5.19 Å². The number of alkyl halides is 3. The van der Waals surface area contributed by atoms with Crippen molar-refractivity contribution in [3.8, 4) is 0 Å². The minimum absolute atomic E-state index is 0.322. The highest BCUT2D eigenvalue weighted by molar-refractivity contribution is 6.88. The van der Waals surface area contributed by atoms with E-state index >= 15 is 0 Å². The van der Waals surface area contributed by atoms with E-state index in [1.807, 2.05) is 0 Å². The second kappa shape index (κ2) is 3.67. The molecule has 0 aliphatic carbocycles. The molecule has 0 radical (unpaired) electrons. The van der Waals surface area contributed by atoms with Crippen LogP contribution in [0.1, 0.15) is 11.1 Å². The molecule has 1 aromatic carbocycles. The van der Waals surface area contributed by atoms with Crippen LogP contribution in [0.2, 0.25) is 19.6 Å². The average Bonchev–Trinajstić information content (AvgIpc) is 1.99. The molecule has 0 aliphatic rings. The van der Waals surface area contributed by atoms with Crippen LogP contribution in [0.5, 0.6) is 0 Å². The summed E-state index contributed by atoms with van der Waals surface area (Å²) in [6.45, 7) is 7.88. The predicted molar refractivity (Wildman–Crippen MR) is 59.2 cm³/mol. The minimum atomic E-state index is -4.23.